The normalized spacial score (nSPS) is 15.8. The number of nitrogens with two attached hydrogens (primary N) is 1. The summed E-state index contributed by atoms with van der Waals surface area (Å²) in [5.41, 5.74) is 7.59. The number of aromatic nitrogens is 1. The second-order valence-electron chi connectivity index (χ2n) is 6.54. The summed E-state index contributed by atoms with van der Waals surface area (Å²) in [6.07, 6.45) is 4.06. The Labute approximate surface area is 152 Å². The molecule has 0 unspecified atom stereocenters. The van der Waals surface area contributed by atoms with Crippen molar-refractivity contribution in [3.05, 3.63) is 16.5 Å². The molecule has 0 aliphatic carbocycles. The lowest BCUT2D eigenvalue weighted by molar-refractivity contribution is 0.0703. The van der Waals surface area contributed by atoms with Crippen LogP contribution in [-0.2, 0) is 6.42 Å². The fourth-order valence-corrected chi connectivity index (χ4v) is 4.55. The van der Waals surface area contributed by atoms with Crippen LogP contribution in [0.3, 0.4) is 0 Å². The van der Waals surface area contributed by atoms with E-state index >= 15 is 0 Å². The topological polar surface area (TPSA) is 91.5 Å². The van der Waals surface area contributed by atoms with Gasteiger partial charge in [-0.05, 0) is 37.4 Å². The van der Waals surface area contributed by atoms with Crippen molar-refractivity contribution in [2.24, 2.45) is 0 Å². The number of carboxylic acids is 1. The summed E-state index contributed by atoms with van der Waals surface area (Å²) in [4.78, 5) is 19.4. The zero-order valence-electron chi connectivity index (χ0n) is 14.8. The van der Waals surface area contributed by atoms with Gasteiger partial charge in [-0.25, -0.2) is 9.78 Å². The molecule has 136 valence electrons. The van der Waals surface area contributed by atoms with Crippen molar-refractivity contribution in [2.75, 3.05) is 30.3 Å². The molecule has 0 bridgehead atoms. The molecule has 0 amide bonds. The van der Waals surface area contributed by atoms with Crippen molar-refractivity contribution in [1.29, 1.82) is 0 Å². The van der Waals surface area contributed by atoms with Gasteiger partial charge in [0.05, 0.1) is 5.69 Å². The number of anilines is 2. The van der Waals surface area contributed by atoms with Crippen LogP contribution in [0.1, 0.15) is 48.3 Å². The predicted octanol–water partition coefficient (Wildman–Crippen LogP) is 3.11. The molecule has 3 heterocycles. The third-order valence-corrected chi connectivity index (χ3v) is 5.88. The average Bonchev–Trinajstić information content (AvgIpc) is 2.93. The number of thiophene rings is 1. The number of nitrogens with one attached hydrogen (secondary N) is 1. The molecule has 7 heteroatoms. The minimum atomic E-state index is -0.976. The van der Waals surface area contributed by atoms with E-state index in [4.69, 9.17) is 10.7 Å². The Kier molecular flexibility index (Phi) is 5.44. The second kappa shape index (κ2) is 7.58. The highest BCUT2D eigenvalue weighted by molar-refractivity contribution is 7.21. The molecule has 1 fully saturated rings. The molecule has 0 aromatic carbocycles. The molecular weight excluding hydrogens is 336 g/mol. The highest BCUT2D eigenvalue weighted by atomic mass is 32.1. The number of carboxylic acid groups (broad SMARTS) is 1. The van der Waals surface area contributed by atoms with Crippen LogP contribution in [0, 0.1) is 0 Å². The lowest BCUT2D eigenvalue weighted by Gasteiger charge is -2.33. The van der Waals surface area contributed by atoms with Crippen LogP contribution in [0.2, 0.25) is 0 Å². The summed E-state index contributed by atoms with van der Waals surface area (Å²) >= 11 is 1.18. The van der Waals surface area contributed by atoms with Crippen molar-refractivity contribution in [3.63, 3.8) is 0 Å². The number of aryl methyl sites for hydroxylation is 1. The van der Waals surface area contributed by atoms with Gasteiger partial charge >= 0.3 is 5.97 Å². The maximum Gasteiger partial charge on any atom is 0.348 e. The van der Waals surface area contributed by atoms with E-state index in [0.717, 1.165) is 66.9 Å². The maximum absolute atomic E-state index is 11.4. The number of pyridine rings is 1. The van der Waals surface area contributed by atoms with Gasteiger partial charge < -0.3 is 21.1 Å². The summed E-state index contributed by atoms with van der Waals surface area (Å²) in [6.45, 7) is 7.19. The monoisotopic (exact) mass is 362 g/mol. The van der Waals surface area contributed by atoms with E-state index in [-0.39, 0.29) is 4.88 Å². The molecule has 4 N–H and O–H groups in total. The van der Waals surface area contributed by atoms with Gasteiger partial charge in [-0.1, -0.05) is 20.3 Å². The molecule has 1 aliphatic heterocycles. The first-order chi connectivity index (χ1) is 12.0. The highest BCUT2D eigenvalue weighted by Gasteiger charge is 2.23. The SMILES string of the molecule is CCCc1cc(N2CCC(NCC)CC2)nc2sc(C(=O)O)c(N)c12. The molecule has 0 radical (unpaired) electrons. The molecule has 3 rings (SSSR count). The minimum Gasteiger partial charge on any atom is -0.477 e. The summed E-state index contributed by atoms with van der Waals surface area (Å²) < 4.78 is 0. The Morgan fingerprint density at radius 1 is 1.44 bits per heavy atom. The van der Waals surface area contributed by atoms with Gasteiger partial charge in [-0.2, -0.15) is 0 Å². The molecule has 0 spiro atoms. The first-order valence-electron chi connectivity index (χ1n) is 8.98. The lowest BCUT2D eigenvalue weighted by atomic mass is 10.0. The van der Waals surface area contributed by atoms with E-state index in [0.29, 0.717) is 11.7 Å². The van der Waals surface area contributed by atoms with Crippen LogP contribution in [0.15, 0.2) is 6.07 Å². The van der Waals surface area contributed by atoms with Gasteiger partial charge in [0.15, 0.2) is 0 Å². The zero-order chi connectivity index (χ0) is 18.0. The molecule has 25 heavy (non-hydrogen) atoms. The first-order valence-corrected chi connectivity index (χ1v) is 9.80. The van der Waals surface area contributed by atoms with Crippen LogP contribution >= 0.6 is 11.3 Å². The van der Waals surface area contributed by atoms with E-state index in [1.165, 1.54) is 11.3 Å². The van der Waals surface area contributed by atoms with Crippen molar-refractivity contribution in [1.82, 2.24) is 10.3 Å². The number of piperidine rings is 1. The maximum atomic E-state index is 11.4. The van der Waals surface area contributed by atoms with Gasteiger partial charge in [0, 0.05) is 24.5 Å². The Hall–Kier alpha value is -1.86. The Bertz CT molecular complexity index is 766. The number of fused-ring (bicyclic) bond motifs is 1. The lowest BCUT2D eigenvalue weighted by Crippen LogP contribution is -2.42. The quantitative estimate of drug-likeness (QED) is 0.731. The largest absolute Gasteiger partial charge is 0.477 e. The van der Waals surface area contributed by atoms with Crippen molar-refractivity contribution in [3.8, 4) is 0 Å². The highest BCUT2D eigenvalue weighted by Crippen LogP contribution is 2.37. The van der Waals surface area contributed by atoms with Gasteiger partial charge in [-0.15, -0.1) is 11.3 Å². The number of carbonyl (C=O) groups is 1. The molecular formula is C18H26N4O2S. The van der Waals surface area contributed by atoms with E-state index in [9.17, 15) is 9.90 Å². The zero-order valence-corrected chi connectivity index (χ0v) is 15.7. The number of aromatic carboxylic acids is 1. The van der Waals surface area contributed by atoms with Crippen LogP contribution in [-0.4, -0.2) is 41.7 Å². The van der Waals surface area contributed by atoms with Crippen LogP contribution < -0.4 is 16.0 Å². The smallest absolute Gasteiger partial charge is 0.348 e. The number of hydrogen-bond acceptors (Lipinski definition) is 6. The third-order valence-electron chi connectivity index (χ3n) is 4.79. The van der Waals surface area contributed by atoms with E-state index in [1.54, 1.807) is 0 Å². The Balaban J connectivity index is 1.96. The number of nitrogen functional groups attached to an aromatic ring is 1. The molecule has 1 saturated heterocycles. The van der Waals surface area contributed by atoms with E-state index in [1.807, 2.05) is 0 Å². The third kappa shape index (κ3) is 3.57. The van der Waals surface area contributed by atoms with Crippen LogP contribution in [0.4, 0.5) is 11.5 Å². The van der Waals surface area contributed by atoms with Gasteiger partial charge in [-0.3, -0.25) is 0 Å². The minimum absolute atomic E-state index is 0.197. The second-order valence-corrected chi connectivity index (χ2v) is 7.54. The van der Waals surface area contributed by atoms with E-state index in [2.05, 4.69) is 30.1 Å². The molecule has 2 aromatic rings. The fourth-order valence-electron chi connectivity index (χ4n) is 3.57. The summed E-state index contributed by atoms with van der Waals surface area (Å²) in [7, 11) is 0. The van der Waals surface area contributed by atoms with Crippen molar-refractivity contribution >= 4 is 39.0 Å². The molecule has 6 nitrogen and oxygen atoms in total. The van der Waals surface area contributed by atoms with Crippen molar-refractivity contribution in [2.45, 2.75) is 45.6 Å². The Morgan fingerprint density at radius 2 is 2.16 bits per heavy atom. The van der Waals surface area contributed by atoms with Gasteiger partial charge in [0.2, 0.25) is 0 Å². The van der Waals surface area contributed by atoms with E-state index < -0.39 is 5.97 Å². The number of hydrogen-bond donors (Lipinski definition) is 3. The molecule has 1 aliphatic rings. The molecule has 0 atom stereocenters. The van der Waals surface area contributed by atoms with Crippen LogP contribution in [0.25, 0.3) is 10.2 Å². The van der Waals surface area contributed by atoms with Gasteiger partial charge in [0.25, 0.3) is 0 Å². The summed E-state index contributed by atoms with van der Waals surface area (Å²) in [5, 5.41) is 13.7. The van der Waals surface area contributed by atoms with Crippen LogP contribution in [0.5, 0.6) is 0 Å². The van der Waals surface area contributed by atoms with Gasteiger partial charge in [0.1, 0.15) is 15.5 Å². The number of nitrogens with zero attached hydrogens (tertiary/aromatic N) is 2. The standard InChI is InChI=1S/C18H26N4O2S/c1-3-5-11-10-13(22-8-6-12(7-9-22)20-4-2)21-17-14(11)15(19)16(25-17)18(23)24/h10,12,20H,3-9,19H2,1-2H3,(H,23,24). The number of rotatable bonds is 6. The Morgan fingerprint density at radius 3 is 2.76 bits per heavy atom. The fraction of sp³-hybridized carbons (Fsp3) is 0.556. The predicted molar refractivity (Wildman–Crippen MR) is 104 cm³/mol. The van der Waals surface area contributed by atoms with Crippen molar-refractivity contribution < 1.29 is 9.90 Å². The molecule has 2 aromatic heterocycles. The first kappa shape index (κ1) is 17.9. The summed E-state index contributed by atoms with van der Waals surface area (Å²) in [5.74, 6) is -0.0277. The average molecular weight is 362 g/mol. The summed E-state index contributed by atoms with van der Waals surface area (Å²) in [6, 6.07) is 2.68. The molecule has 0 saturated carbocycles.